The predicted octanol–water partition coefficient (Wildman–Crippen LogP) is 1.57. The number of carbonyl (C=O) groups excluding carboxylic acids is 1. The second kappa shape index (κ2) is 5.33. The predicted molar refractivity (Wildman–Crippen MR) is 54.2 cm³/mol. The molecule has 86 valence electrons. The van der Waals surface area contributed by atoms with Crippen LogP contribution >= 0.6 is 0 Å². The van der Waals surface area contributed by atoms with Gasteiger partial charge in [0.1, 0.15) is 5.60 Å². The molecule has 0 unspecified atom stereocenters. The van der Waals surface area contributed by atoms with Crippen LogP contribution in [0.25, 0.3) is 0 Å². The zero-order chi connectivity index (χ0) is 12.1. The fourth-order valence-corrected chi connectivity index (χ4v) is 0.697. The molecule has 0 atom stereocenters. The Bertz CT molecular complexity index is 298. The van der Waals surface area contributed by atoms with E-state index in [1.807, 2.05) is 0 Å². The Morgan fingerprint density at radius 2 is 1.67 bits per heavy atom. The number of rotatable bonds is 0. The summed E-state index contributed by atoms with van der Waals surface area (Å²) in [5.74, 6) is 1.25. The molecule has 0 saturated heterocycles. The van der Waals surface area contributed by atoms with Gasteiger partial charge < -0.3 is 14.9 Å². The standard InChI is InChI=1S/C5H11NO2.C4H6N2O/c1-5(2,3)8-4(6)7;1-3-5-6-4(2)7-3/h1-3H3,(H2,6,7);1-2H3. The number of carbonyl (C=O) groups is 1. The van der Waals surface area contributed by atoms with Crippen LogP contribution in [0.1, 0.15) is 32.6 Å². The number of ether oxygens (including phenoxy) is 1. The van der Waals surface area contributed by atoms with Crippen molar-refractivity contribution >= 4 is 6.09 Å². The summed E-state index contributed by atoms with van der Waals surface area (Å²) in [6.45, 7) is 8.81. The second-order valence-corrected chi connectivity index (χ2v) is 3.87. The van der Waals surface area contributed by atoms with Crippen molar-refractivity contribution in [2.24, 2.45) is 5.73 Å². The lowest BCUT2D eigenvalue weighted by Crippen LogP contribution is -2.27. The summed E-state index contributed by atoms with van der Waals surface area (Å²) < 4.78 is 9.44. The molecule has 1 aromatic heterocycles. The van der Waals surface area contributed by atoms with Crippen molar-refractivity contribution in [1.29, 1.82) is 0 Å². The highest BCUT2D eigenvalue weighted by Crippen LogP contribution is 2.04. The van der Waals surface area contributed by atoms with E-state index < -0.39 is 11.7 Å². The molecule has 0 radical (unpaired) electrons. The average molecular weight is 215 g/mol. The average Bonchev–Trinajstić information content (AvgIpc) is 2.29. The van der Waals surface area contributed by atoms with Crippen molar-refractivity contribution < 1.29 is 13.9 Å². The summed E-state index contributed by atoms with van der Waals surface area (Å²) in [7, 11) is 0. The van der Waals surface area contributed by atoms with Gasteiger partial charge in [-0.2, -0.15) is 0 Å². The van der Waals surface area contributed by atoms with Crippen LogP contribution in [-0.4, -0.2) is 21.9 Å². The molecule has 0 fully saturated rings. The third kappa shape index (κ3) is 8.73. The third-order valence-electron chi connectivity index (χ3n) is 1.03. The topological polar surface area (TPSA) is 91.2 Å². The molecule has 1 heterocycles. The Balaban J connectivity index is 0.000000262. The fraction of sp³-hybridized carbons (Fsp3) is 0.667. The van der Waals surface area contributed by atoms with E-state index in [9.17, 15) is 4.79 Å². The van der Waals surface area contributed by atoms with E-state index in [0.29, 0.717) is 11.8 Å². The monoisotopic (exact) mass is 215 g/mol. The number of nitrogens with two attached hydrogens (primary N) is 1. The number of hydrogen-bond donors (Lipinski definition) is 1. The molecule has 0 spiro atoms. The van der Waals surface area contributed by atoms with Crippen LogP contribution in [0, 0.1) is 13.8 Å². The van der Waals surface area contributed by atoms with E-state index in [-0.39, 0.29) is 0 Å². The van der Waals surface area contributed by atoms with Gasteiger partial charge in [0.15, 0.2) is 0 Å². The molecule has 0 saturated carbocycles. The van der Waals surface area contributed by atoms with Gasteiger partial charge in [-0.1, -0.05) is 0 Å². The molecule has 1 amide bonds. The lowest BCUT2D eigenvalue weighted by molar-refractivity contribution is 0.0600. The first kappa shape index (κ1) is 13.4. The largest absolute Gasteiger partial charge is 0.444 e. The van der Waals surface area contributed by atoms with Gasteiger partial charge in [0, 0.05) is 13.8 Å². The normalized spacial score (nSPS) is 10.2. The van der Waals surface area contributed by atoms with Crippen molar-refractivity contribution in [1.82, 2.24) is 10.2 Å². The molecule has 1 aromatic rings. The van der Waals surface area contributed by atoms with E-state index in [1.165, 1.54) is 0 Å². The first-order chi connectivity index (χ1) is 6.70. The lowest BCUT2D eigenvalue weighted by Gasteiger charge is -2.16. The molecular weight excluding hydrogens is 198 g/mol. The van der Waals surface area contributed by atoms with E-state index in [4.69, 9.17) is 10.2 Å². The van der Waals surface area contributed by atoms with Crippen molar-refractivity contribution in [3.05, 3.63) is 11.8 Å². The summed E-state index contributed by atoms with van der Waals surface area (Å²) in [6.07, 6.45) is -0.725. The first-order valence-electron chi connectivity index (χ1n) is 4.46. The van der Waals surface area contributed by atoms with Crippen molar-refractivity contribution in [3.63, 3.8) is 0 Å². The number of hydrogen-bond acceptors (Lipinski definition) is 5. The van der Waals surface area contributed by atoms with Gasteiger partial charge in [-0.3, -0.25) is 0 Å². The number of aryl methyl sites for hydroxylation is 2. The van der Waals surface area contributed by atoms with Gasteiger partial charge in [0.05, 0.1) is 0 Å². The molecule has 6 nitrogen and oxygen atoms in total. The van der Waals surface area contributed by atoms with Crippen LogP contribution in [-0.2, 0) is 4.74 Å². The Hall–Kier alpha value is -1.59. The van der Waals surface area contributed by atoms with Crippen molar-refractivity contribution in [3.8, 4) is 0 Å². The fourth-order valence-electron chi connectivity index (χ4n) is 0.697. The maximum absolute atomic E-state index is 10.0. The molecule has 0 aromatic carbocycles. The smallest absolute Gasteiger partial charge is 0.405 e. The van der Waals surface area contributed by atoms with Gasteiger partial charge in [-0.05, 0) is 20.8 Å². The minimum atomic E-state index is -0.725. The molecule has 0 aliphatic heterocycles. The minimum absolute atomic E-state index is 0.453. The Labute approximate surface area is 88.8 Å². The Kier molecular flexibility index (Phi) is 4.77. The molecule has 15 heavy (non-hydrogen) atoms. The number of nitrogens with zero attached hydrogens (tertiary/aromatic N) is 2. The van der Waals surface area contributed by atoms with Crippen LogP contribution in [0.3, 0.4) is 0 Å². The number of aromatic nitrogens is 2. The molecule has 0 bridgehead atoms. The minimum Gasteiger partial charge on any atom is -0.444 e. The summed E-state index contributed by atoms with van der Waals surface area (Å²) in [4.78, 5) is 10.0. The Morgan fingerprint density at radius 3 is 1.73 bits per heavy atom. The number of amides is 1. The molecule has 2 N–H and O–H groups in total. The highest BCUT2D eigenvalue weighted by Gasteiger charge is 2.12. The highest BCUT2D eigenvalue weighted by atomic mass is 16.6. The van der Waals surface area contributed by atoms with Gasteiger partial charge in [0.2, 0.25) is 11.8 Å². The highest BCUT2D eigenvalue weighted by molar-refractivity contribution is 5.65. The molecule has 0 aliphatic rings. The summed E-state index contributed by atoms with van der Waals surface area (Å²) in [5, 5.41) is 7.20. The second-order valence-electron chi connectivity index (χ2n) is 3.87. The molecule has 6 heteroatoms. The zero-order valence-electron chi connectivity index (χ0n) is 9.70. The van der Waals surface area contributed by atoms with Crippen molar-refractivity contribution in [2.45, 2.75) is 40.2 Å². The SMILES string of the molecule is CC(C)(C)OC(N)=O.Cc1nnc(C)o1. The van der Waals surface area contributed by atoms with Crippen LogP contribution in [0.15, 0.2) is 4.42 Å². The molecular formula is C9H17N3O3. The summed E-state index contributed by atoms with van der Waals surface area (Å²) in [6, 6.07) is 0. The number of primary amides is 1. The molecule has 0 aliphatic carbocycles. The first-order valence-corrected chi connectivity index (χ1v) is 4.46. The van der Waals surface area contributed by atoms with Crippen LogP contribution in [0.2, 0.25) is 0 Å². The van der Waals surface area contributed by atoms with Crippen LogP contribution < -0.4 is 5.73 Å². The van der Waals surface area contributed by atoms with Gasteiger partial charge in [0.25, 0.3) is 0 Å². The van der Waals surface area contributed by atoms with Gasteiger partial charge in [-0.25, -0.2) is 4.79 Å². The zero-order valence-corrected chi connectivity index (χ0v) is 9.70. The quantitative estimate of drug-likeness (QED) is 0.709. The van der Waals surface area contributed by atoms with E-state index in [2.05, 4.69) is 14.9 Å². The maximum atomic E-state index is 10.0. The van der Waals surface area contributed by atoms with E-state index in [0.717, 1.165) is 0 Å². The van der Waals surface area contributed by atoms with Gasteiger partial charge >= 0.3 is 6.09 Å². The molecule has 1 rings (SSSR count). The Morgan fingerprint density at radius 1 is 1.27 bits per heavy atom. The van der Waals surface area contributed by atoms with Gasteiger partial charge in [-0.15, -0.1) is 10.2 Å². The van der Waals surface area contributed by atoms with Crippen LogP contribution in [0.4, 0.5) is 4.79 Å². The van der Waals surface area contributed by atoms with Crippen molar-refractivity contribution in [2.75, 3.05) is 0 Å². The maximum Gasteiger partial charge on any atom is 0.405 e. The van der Waals surface area contributed by atoms with E-state index in [1.54, 1.807) is 34.6 Å². The third-order valence-corrected chi connectivity index (χ3v) is 1.03. The summed E-state index contributed by atoms with van der Waals surface area (Å²) >= 11 is 0. The summed E-state index contributed by atoms with van der Waals surface area (Å²) in [5.41, 5.74) is 4.26. The van der Waals surface area contributed by atoms with E-state index >= 15 is 0 Å². The lowest BCUT2D eigenvalue weighted by atomic mass is 10.2. The van der Waals surface area contributed by atoms with Crippen LogP contribution in [0.5, 0.6) is 0 Å².